The Morgan fingerprint density at radius 3 is 2.71 bits per heavy atom. The second-order valence-corrected chi connectivity index (χ2v) is 5.32. The van der Waals surface area contributed by atoms with Crippen molar-refractivity contribution in [3.63, 3.8) is 0 Å². The van der Waals surface area contributed by atoms with Crippen molar-refractivity contribution in [3.05, 3.63) is 30.1 Å². The molecule has 0 saturated heterocycles. The van der Waals surface area contributed by atoms with Crippen LogP contribution in [-0.2, 0) is 12.0 Å². The predicted octanol–water partition coefficient (Wildman–Crippen LogP) is 4.13. The second-order valence-electron chi connectivity index (χ2n) is 5.32. The van der Waals surface area contributed by atoms with Gasteiger partial charge >= 0.3 is 0 Å². The van der Waals surface area contributed by atoms with Crippen molar-refractivity contribution < 1.29 is 0 Å². The van der Waals surface area contributed by atoms with Gasteiger partial charge in [-0.1, -0.05) is 27.2 Å². The Balaban J connectivity index is 2.61. The molecule has 2 aromatic rings. The smallest absolute Gasteiger partial charge is 0.140 e. The summed E-state index contributed by atoms with van der Waals surface area (Å²) in [7, 11) is 0. The Labute approximate surface area is 104 Å². The van der Waals surface area contributed by atoms with Crippen LogP contribution < -0.4 is 0 Å². The molecule has 0 aromatic carbocycles. The van der Waals surface area contributed by atoms with Crippen molar-refractivity contribution >= 4 is 11.0 Å². The average molecular weight is 230 g/mol. The first kappa shape index (κ1) is 12.2. The highest BCUT2D eigenvalue weighted by Gasteiger charge is 2.24. The maximum atomic E-state index is 4.51. The second kappa shape index (κ2) is 4.52. The lowest BCUT2D eigenvalue weighted by Gasteiger charge is -2.26. The summed E-state index contributed by atoms with van der Waals surface area (Å²) in [6.07, 6.45) is 4.31. The summed E-state index contributed by atoms with van der Waals surface area (Å²) < 4.78 is 2.35. The molecule has 0 spiro atoms. The van der Waals surface area contributed by atoms with Crippen LogP contribution in [-0.4, -0.2) is 9.55 Å². The molecular weight excluding hydrogens is 208 g/mol. The third kappa shape index (κ3) is 2.08. The van der Waals surface area contributed by atoms with E-state index in [4.69, 9.17) is 0 Å². The van der Waals surface area contributed by atoms with Crippen LogP contribution in [0, 0.1) is 0 Å². The van der Waals surface area contributed by atoms with Gasteiger partial charge in [0.1, 0.15) is 5.65 Å². The molecule has 0 atom stereocenters. The molecule has 0 radical (unpaired) electrons. The highest BCUT2D eigenvalue weighted by molar-refractivity contribution is 5.77. The number of hydrogen-bond acceptors (Lipinski definition) is 1. The summed E-state index contributed by atoms with van der Waals surface area (Å²) >= 11 is 0. The van der Waals surface area contributed by atoms with Crippen LogP contribution >= 0.6 is 0 Å². The highest BCUT2D eigenvalue weighted by atomic mass is 15.0. The zero-order valence-electron chi connectivity index (χ0n) is 11.3. The zero-order chi connectivity index (χ0) is 12.5. The third-order valence-corrected chi connectivity index (χ3v) is 3.54. The van der Waals surface area contributed by atoms with Gasteiger partial charge in [0.25, 0.3) is 0 Å². The van der Waals surface area contributed by atoms with E-state index < -0.39 is 0 Å². The number of rotatable bonds is 4. The number of hydrogen-bond donors (Lipinski definition) is 0. The number of aryl methyl sites for hydroxylation is 1. The molecule has 0 aliphatic carbocycles. The summed E-state index contributed by atoms with van der Waals surface area (Å²) in [5.74, 6) is 0. The quantitative estimate of drug-likeness (QED) is 0.772. The molecule has 2 heteroatoms. The third-order valence-electron chi connectivity index (χ3n) is 3.54. The van der Waals surface area contributed by atoms with Crippen molar-refractivity contribution in [2.24, 2.45) is 0 Å². The lowest BCUT2D eigenvalue weighted by atomic mass is 9.84. The Bertz CT molecular complexity index is 509. The largest absolute Gasteiger partial charge is 0.329 e. The predicted molar refractivity (Wildman–Crippen MR) is 73.3 cm³/mol. The first-order valence-corrected chi connectivity index (χ1v) is 6.55. The molecule has 0 aliphatic heterocycles. The lowest BCUT2D eigenvalue weighted by Crippen LogP contribution is -2.21. The molecular formula is C15H22N2. The van der Waals surface area contributed by atoms with Crippen molar-refractivity contribution in [2.45, 2.75) is 52.5 Å². The molecule has 92 valence electrons. The molecule has 0 amide bonds. The number of pyridine rings is 1. The number of nitrogens with zero attached hydrogens (tertiary/aromatic N) is 2. The molecule has 0 saturated carbocycles. The van der Waals surface area contributed by atoms with Crippen molar-refractivity contribution in [1.82, 2.24) is 9.55 Å². The van der Waals surface area contributed by atoms with Gasteiger partial charge in [0, 0.05) is 29.2 Å². The normalized spacial score (nSPS) is 12.2. The van der Waals surface area contributed by atoms with E-state index >= 15 is 0 Å². The fourth-order valence-corrected chi connectivity index (χ4v) is 2.72. The minimum Gasteiger partial charge on any atom is -0.329 e. The van der Waals surface area contributed by atoms with Gasteiger partial charge in [-0.05, 0) is 31.5 Å². The highest BCUT2D eigenvalue weighted by Crippen LogP contribution is 2.32. The van der Waals surface area contributed by atoms with Crippen LogP contribution in [0.4, 0.5) is 0 Å². The molecule has 0 aliphatic rings. The topological polar surface area (TPSA) is 17.8 Å². The molecule has 17 heavy (non-hydrogen) atoms. The van der Waals surface area contributed by atoms with E-state index in [1.54, 1.807) is 0 Å². The van der Waals surface area contributed by atoms with Gasteiger partial charge in [0.2, 0.25) is 0 Å². The van der Waals surface area contributed by atoms with Gasteiger partial charge in [0.05, 0.1) is 0 Å². The SMILES string of the molecule is CCCC(C)(C)c1cc2cccnc2n1CC. The van der Waals surface area contributed by atoms with Gasteiger partial charge in [-0.2, -0.15) is 0 Å². The summed E-state index contributed by atoms with van der Waals surface area (Å²) in [5.41, 5.74) is 2.76. The van der Waals surface area contributed by atoms with Gasteiger partial charge < -0.3 is 4.57 Å². The monoisotopic (exact) mass is 230 g/mol. The lowest BCUT2D eigenvalue weighted by molar-refractivity contribution is 0.440. The number of aromatic nitrogens is 2. The summed E-state index contributed by atoms with van der Waals surface area (Å²) in [5, 5.41) is 1.26. The first-order chi connectivity index (χ1) is 8.10. The standard InChI is InChI=1S/C15H22N2/c1-5-9-15(3,4)13-11-12-8-7-10-16-14(12)17(13)6-2/h7-8,10-11H,5-6,9H2,1-4H3. The average Bonchev–Trinajstić information content (AvgIpc) is 2.68. The van der Waals surface area contributed by atoms with Crippen LogP contribution in [0.2, 0.25) is 0 Å². The van der Waals surface area contributed by atoms with E-state index in [-0.39, 0.29) is 5.41 Å². The van der Waals surface area contributed by atoms with E-state index in [9.17, 15) is 0 Å². The molecule has 0 fully saturated rings. The Hall–Kier alpha value is -1.31. The Kier molecular flexibility index (Phi) is 3.23. The fourth-order valence-electron chi connectivity index (χ4n) is 2.72. The maximum Gasteiger partial charge on any atom is 0.140 e. The van der Waals surface area contributed by atoms with Gasteiger partial charge in [-0.15, -0.1) is 0 Å². The minimum absolute atomic E-state index is 0.228. The summed E-state index contributed by atoms with van der Waals surface area (Å²) in [4.78, 5) is 4.51. The van der Waals surface area contributed by atoms with E-state index in [1.807, 2.05) is 12.3 Å². The van der Waals surface area contributed by atoms with E-state index in [0.29, 0.717) is 0 Å². The van der Waals surface area contributed by atoms with Gasteiger partial charge in [-0.3, -0.25) is 0 Å². The van der Waals surface area contributed by atoms with Crippen molar-refractivity contribution in [3.8, 4) is 0 Å². The maximum absolute atomic E-state index is 4.51. The van der Waals surface area contributed by atoms with Crippen LogP contribution in [0.3, 0.4) is 0 Å². The summed E-state index contributed by atoms with van der Waals surface area (Å²) in [6, 6.07) is 6.47. The Morgan fingerprint density at radius 2 is 2.06 bits per heavy atom. The molecule has 2 aromatic heterocycles. The minimum atomic E-state index is 0.228. The van der Waals surface area contributed by atoms with E-state index in [0.717, 1.165) is 12.2 Å². The van der Waals surface area contributed by atoms with Crippen LogP contribution in [0.25, 0.3) is 11.0 Å². The molecule has 2 nitrogen and oxygen atoms in total. The van der Waals surface area contributed by atoms with E-state index in [2.05, 4.69) is 49.4 Å². The molecule has 0 bridgehead atoms. The van der Waals surface area contributed by atoms with Crippen LogP contribution in [0.5, 0.6) is 0 Å². The molecule has 2 rings (SSSR count). The van der Waals surface area contributed by atoms with Gasteiger partial charge in [0.15, 0.2) is 0 Å². The van der Waals surface area contributed by atoms with Gasteiger partial charge in [-0.25, -0.2) is 4.98 Å². The fraction of sp³-hybridized carbons (Fsp3) is 0.533. The Morgan fingerprint density at radius 1 is 1.29 bits per heavy atom. The van der Waals surface area contributed by atoms with Crippen molar-refractivity contribution in [2.75, 3.05) is 0 Å². The van der Waals surface area contributed by atoms with Crippen LogP contribution in [0.1, 0.15) is 46.2 Å². The summed E-state index contributed by atoms with van der Waals surface area (Å²) in [6.45, 7) is 10.1. The zero-order valence-corrected chi connectivity index (χ0v) is 11.3. The number of fused-ring (bicyclic) bond motifs is 1. The molecule has 0 N–H and O–H groups in total. The molecule has 0 unspecified atom stereocenters. The van der Waals surface area contributed by atoms with E-state index in [1.165, 1.54) is 23.9 Å². The van der Waals surface area contributed by atoms with Crippen molar-refractivity contribution in [1.29, 1.82) is 0 Å². The first-order valence-electron chi connectivity index (χ1n) is 6.55. The molecule has 2 heterocycles. The van der Waals surface area contributed by atoms with Crippen LogP contribution in [0.15, 0.2) is 24.4 Å².